The van der Waals surface area contributed by atoms with Crippen molar-refractivity contribution in [3.63, 3.8) is 0 Å². The van der Waals surface area contributed by atoms with E-state index in [1.165, 1.54) is 0 Å². The molecule has 0 aromatic rings. The average Bonchev–Trinajstić information content (AvgIpc) is 1.98. The van der Waals surface area contributed by atoms with Crippen molar-refractivity contribution in [2.75, 3.05) is 0 Å². The molecule has 2 atom stereocenters. The van der Waals surface area contributed by atoms with Gasteiger partial charge in [0.15, 0.2) is 0 Å². The molecule has 16 heavy (non-hydrogen) atoms. The fraction of sp³-hybridized carbons (Fsp3) is 0.769. The first kappa shape index (κ1) is 15.0. The van der Waals surface area contributed by atoms with Crippen LogP contribution < -0.4 is 5.32 Å². The summed E-state index contributed by atoms with van der Waals surface area (Å²) < 4.78 is 5.18. The van der Waals surface area contributed by atoms with Gasteiger partial charge in [-0.1, -0.05) is 13.0 Å². The smallest absolute Gasteiger partial charge is 0.407 e. The first-order valence-electron chi connectivity index (χ1n) is 5.85. The van der Waals surface area contributed by atoms with Crippen LogP contribution in [0.1, 0.15) is 47.5 Å². The highest BCUT2D eigenvalue weighted by Crippen LogP contribution is 2.12. The molecule has 0 heterocycles. The highest BCUT2D eigenvalue weighted by molar-refractivity contribution is 5.67. The van der Waals surface area contributed by atoms with Gasteiger partial charge in [0.2, 0.25) is 0 Å². The van der Waals surface area contributed by atoms with Crippen molar-refractivity contribution in [1.29, 1.82) is 0 Å². The van der Waals surface area contributed by atoms with Crippen LogP contribution >= 0.6 is 0 Å². The van der Waals surface area contributed by atoms with Gasteiger partial charge in [-0.15, -0.1) is 6.58 Å². The lowest BCUT2D eigenvalue weighted by atomic mass is 10.00. The van der Waals surface area contributed by atoms with E-state index < -0.39 is 5.60 Å². The van der Waals surface area contributed by atoms with E-state index in [1.54, 1.807) is 0 Å². The van der Waals surface area contributed by atoms with Crippen LogP contribution in [0.25, 0.3) is 0 Å². The van der Waals surface area contributed by atoms with Gasteiger partial charge in [-0.2, -0.15) is 0 Å². The van der Waals surface area contributed by atoms with E-state index in [2.05, 4.69) is 18.8 Å². The predicted molar refractivity (Wildman–Crippen MR) is 67.4 cm³/mol. The molecule has 94 valence electrons. The summed E-state index contributed by atoms with van der Waals surface area (Å²) >= 11 is 0. The molecule has 0 aromatic carbocycles. The Balaban J connectivity index is 3.91. The number of ether oxygens (including phenoxy) is 1. The fourth-order valence-electron chi connectivity index (χ4n) is 1.55. The fourth-order valence-corrected chi connectivity index (χ4v) is 1.55. The SMILES string of the molecule is C=CCC(C)CC(C)NC(=O)OC(C)(C)C. The van der Waals surface area contributed by atoms with E-state index in [1.807, 2.05) is 33.8 Å². The van der Waals surface area contributed by atoms with Crippen LogP contribution in [0.15, 0.2) is 12.7 Å². The third-order valence-corrected chi connectivity index (χ3v) is 2.09. The molecule has 0 saturated carbocycles. The zero-order valence-electron chi connectivity index (χ0n) is 11.2. The van der Waals surface area contributed by atoms with Gasteiger partial charge in [0.1, 0.15) is 5.60 Å². The monoisotopic (exact) mass is 227 g/mol. The van der Waals surface area contributed by atoms with E-state index >= 15 is 0 Å². The van der Waals surface area contributed by atoms with Crippen LogP contribution in [0.2, 0.25) is 0 Å². The van der Waals surface area contributed by atoms with E-state index in [0.717, 1.165) is 12.8 Å². The van der Waals surface area contributed by atoms with Gasteiger partial charge in [-0.05, 0) is 46.5 Å². The minimum absolute atomic E-state index is 0.129. The number of allylic oxidation sites excluding steroid dienone is 1. The number of alkyl carbamates (subject to hydrolysis) is 1. The molecule has 3 heteroatoms. The molecule has 0 radical (unpaired) electrons. The molecular weight excluding hydrogens is 202 g/mol. The average molecular weight is 227 g/mol. The minimum Gasteiger partial charge on any atom is -0.444 e. The summed E-state index contributed by atoms with van der Waals surface area (Å²) in [5, 5.41) is 2.83. The molecule has 3 nitrogen and oxygen atoms in total. The maximum atomic E-state index is 11.5. The molecule has 0 aliphatic rings. The number of carbonyl (C=O) groups is 1. The van der Waals surface area contributed by atoms with Gasteiger partial charge < -0.3 is 10.1 Å². The molecule has 0 aliphatic heterocycles. The second-order valence-corrected chi connectivity index (χ2v) is 5.41. The predicted octanol–water partition coefficient (Wildman–Crippen LogP) is 3.50. The van der Waals surface area contributed by atoms with Crippen LogP contribution in [-0.2, 0) is 4.74 Å². The number of rotatable bonds is 5. The lowest BCUT2D eigenvalue weighted by Crippen LogP contribution is -2.38. The number of hydrogen-bond acceptors (Lipinski definition) is 2. The zero-order chi connectivity index (χ0) is 12.8. The van der Waals surface area contributed by atoms with Gasteiger partial charge >= 0.3 is 6.09 Å². The lowest BCUT2D eigenvalue weighted by Gasteiger charge is -2.23. The van der Waals surface area contributed by atoms with Gasteiger partial charge in [-0.25, -0.2) is 4.79 Å². The van der Waals surface area contributed by atoms with Crippen molar-refractivity contribution in [2.24, 2.45) is 5.92 Å². The van der Waals surface area contributed by atoms with Crippen LogP contribution in [0.3, 0.4) is 0 Å². The second kappa shape index (κ2) is 6.56. The van der Waals surface area contributed by atoms with Crippen LogP contribution in [0, 0.1) is 5.92 Å². The van der Waals surface area contributed by atoms with E-state index in [0.29, 0.717) is 5.92 Å². The first-order chi connectivity index (χ1) is 7.24. The molecule has 1 N–H and O–H groups in total. The van der Waals surface area contributed by atoms with E-state index in [4.69, 9.17) is 4.74 Å². The third kappa shape index (κ3) is 8.33. The summed E-state index contributed by atoms with van der Waals surface area (Å²) in [6.07, 6.45) is 3.47. The van der Waals surface area contributed by atoms with Gasteiger partial charge in [0.25, 0.3) is 0 Å². The number of hydrogen-bond donors (Lipinski definition) is 1. The summed E-state index contributed by atoms with van der Waals surface area (Å²) in [6.45, 7) is 13.4. The quantitative estimate of drug-likeness (QED) is 0.730. The molecule has 0 aromatic heterocycles. The Hall–Kier alpha value is -0.990. The van der Waals surface area contributed by atoms with Crippen LogP contribution in [-0.4, -0.2) is 17.7 Å². The van der Waals surface area contributed by atoms with Crippen LogP contribution in [0.4, 0.5) is 4.79 Å². The normalized spacial score (nSPS) is 15.1. The molecule has 0 saturated heterocycles. The van der Waals surface area contributed by atoms with E-state index in [9.17, 15) is 4.79 Å². The van der Waals surface area contributed by atoms with Crippen molar-refractivity contribution >= 4 is 6.09 Å². The standard InChI is InChI=1S/C13H25NO2/c1-7-8-10(2)9-11(3)14-12(15)16-13(4,5)6/h7,10-11H,1,8-9H2,2-6H3,(H,14,15). The Kier molecular flexibility index (Phi) is 6.16. The van der Waals surface area contributed by atoms with Gasteiger partial charge in [0, 0.05) is 6.04 Å². The molecular formula is C13H25NO2. The molecule has 0 bridgehead atoms. The third-order valence-electron chi connectivity index (χ3n) is 2.09. The lowest BCUT2D eigenvalue weighted by molar-refractivity contribution is 0.0503. The summed E-state index contributed by atoms with van der Waals surface area (Å²) in [5.74, 6) is 0.530. The van der Waals surface area contributed by atoms with E-state index in [-0.39, 0.29) is 12.1 Å². The number of carbonyl (C=O) groups excluding carboxylic acids is 1. The van der Waals surface area contributed by atoms with Crippen molar-refractivity contribution < 1.29 is 9.53 Å². The second-order valence-electron chi connectivity index (χ2n) is 5.41. The van der Waals surface area contributed by atoms with Gasteiger partial charge in [0.05, 0.1) is 0 Å². The summed E-state index contributed by atoms with van der Waals surface area (Å²) in [7, 11) is 0. The Morgan fingerprint density at radius 1 is 1.44 bits per heavy atom. The molecule has 2 unspecified atom stereocenters. The molecule has 0 fully saturated rings. The van der Waals surface area contributed by atoms with Gasteiger partial charge in [-0.3, -0.25) is 0 Å². The molecule has 0 spiro atoms. The number of amides is 1. The zero-order valence-corrected chi connectivity index (χ0v) is 11.2. The maximum absolute atomic E-state index is 11.5. The van der Waals surface area contributed by atoms with Crippen LogP contribution in [0.5, 0.6) is 0 Å². The topological polar surface area (TPSA) is 38.3 Å². The summed E-state index contributed by atoms with van der Waals surface area (Å²) in [5.41, 5.74) is -0.434. The molecule has 1 amide bonds. The Bertz CT molecular complexity index is 231. The minimum atomic E-state index is -0.434. The van der Waals surface area contributed by atoms with Crippen molar-refractivity contribution in [3.8, 4) is 0 Å². The van der Waals surface area contributed by atoms with Crippen molar-refractivity contribution in [2.45, 2.75) is 59.1 Å². The maximum Gasteiger partial charge on any atom is 0.407 e. The first-order valence-corrected chi connectivity index (χ1v) is 5.85. The Morgan fingerprint density at radius 3 is 2.44 bits per heavy atom. The largest absolute Gasteiger partial charge is 0.444 e. The Labute approximate surface area is 99.3 Å². The Morgan fingerprint density at radius 2 is 2.00 bits per heavy atom. The van der Waals surface area contributed by atoms with Crippen molar-refractivity contribution in [3.05, 3.63) is 12.7 Å². The highest BCUT2D eigenvalue weighted by atomic mass is 16.6. The van der Waals surface area contributed by atoms with Crippen molar-refractivity contribution in [1.82, 2.24) is 5.32 Å². The molecule has 0 aliphatic carbocycles. The highest BCUT2D eigenvalue weighted by Gasteiger charge is 2.18. The molecule has 0 rings (SSSR count). The number of nitrogens with one attached hydrogen (secondary N) is 1. The summed E-state index contributed by atoms with van der Waals surface area (Å²) in [4.78, 5) is 11.5. The summed E-state index contributed by atoms with van der Waals surface area (Å²) in [6, 6.07) is 0.129.